The van der Waals surface area contributed by atoms with Crippen molar-refractivity contribution in [3.63, 3.8) is 0 Å². The molecule has 0 spiro atoms. The Labute approximate surface area is 134 Å². The van der Waals surface area contributed by atoms with Crippen molar-refractivity contribution >= 4 is 15.9 Å². The van der Waals surface area contributed by atoms with E-state index < -0.39 is 0 Å². The van der Waals surface area contributed by atoms with E-state index in [2.05, 4.69) is 59.4 Å². The highest BCUT2D eigenvalue weighted by molar-refractivity contribution is 9.10. The minimum atomic E-state index is -0.218. The summed E-state index contributed by atoms with van der Waals surface area (Å²) in [6.07, 6.45) is 1.08. The molecule has 0 radical (unpaired) electrons. The Morgan fingerprint density at radius 2 is 1.76 bits per heavy atom. The van der Waals surface area contributed by atoms with Crippen molar-refractivity contribution in [2.24, 2.45) is 5.92 Å². The quantitative estimate of drug-likeness (QED) is 0.792. The first-order chi connectivity index (χ1) is 10.0. The Kier molecular flexibility index (Phi) is 5.54. The number of nitrogens with one attached hydrogen (secondary N) is 1. The largest absolute Gasteiger partial charge is 0.309 e. The van der Waals surface area contributed by atoms with Crippen molar-refractivity contribution in [3.8, 4) is 0 Å². The first-order valence-corrected chi connectivity index (χ1v) is 8.01. The van der Waals surface area contributed by atoms with Gasteiger partial charge in [-0.1, -0.05) is 54.0 Å². The average Bonchev–Trinajstić information content (AvgIpc) is 2.44. The van der Waals surface area contributed by atoms with Gasteiger partial charge in [0.25, 0.3) is 0 Å². The van der Waals surface area contributed by atoms with Gasteiger partial charge in [-0.15, -0.1) is 0 Å². The molecule has 2 aromatic rings. The Hall–Kier alpha value is -1.19. The van der Waals surface area contributed by atoms with E-state index in [-0.39, 0.29) is 11.9 Å². The third-order valence-corrected chi connectivity index (χ3v) is 4.24. The van der Waals surface area contributed by atoms with Crippen LogP contribution in [0.1, 0.15) is 36.6 Å². The van der Waals surface area contributed by atoms with Gasteiger partial charge in [0.2, 0.25) is 0 Å². The van der Waals surface area contributed by atoms with Crippen LogP contribution in [0, 0.1) is 11.7 Å². The predicted molar refractivity (Wildman–Crippen MR) is 90.0 cm³/mol. The van der Waals surface area contributed by atoms with Crippen molar-refractivity contribution in [1.29, 1.82) is 0 Å². The first kappa shape index (κ1) is 16.2. The standard InChI is InChI=1S/C18H21BrFN/c1-12(2)10-13-4-6-14(7-5-13)18(21-3)16-11-15(20)8-9-17(16)19/h4-9,11-12,18,21H,10H2,1-3H3. The summed E-state index contributed by atoms with van der Waals surface area (Å²) in [6, 6.07) is 13.3. The molecular weight excluding hydrogens is 329 g/mol. The second kappa shape index (κ2) is 7.19. The molecule has 0 saturated heterocycles. The maximum Gasteiger partial charge on any atom is 0.123 e. The fourth-order valence-electron chi connectivity index (χ4n) is 2.56. The summed E-state index contributed by atoms with van der Waals surface area (Å²) >= 11 is 3.51. The molecule has 0 heterocycles. The van der Waals surface area contributed by atoms with Gasteiger partial charge in [0, 0.05) is 4.47 Å². The Morgan fingerprint density at radius 1 is 1.10 bits per heavy atom. The van der Waals surface area contributed by atoms with Gasteiger partial charge < -0.3 is 5.32 Å². The lowest BCUT2D eigenvalue weighted by atomic mass is 9.96. The Morgan fingerprint density at radius 3 is 2.33 bits per heavy atom. The molecule has 2 aromatic carbocycles. The molecule has 0 amide bonds. The zero-order valence-corrected chi connectivity index (χ0v) is 14.2. The van der Waals surface area contributed by atoms with Gasteiger partial charge in [-0.25, -0.2) is 4.39 Å². The molecule has 1 unspecified atom stereocenters. The molecule has 0 aromatic heterocycles. The van der Waals surface area contributed by atoms with Crippen molar-refractivity contribution in [1.82, 2.24) is 5.32 Å². The molecule has 21 heavy (non-hydrogen) atoms. The molecule has 2 rings (SSSR count). The molecule has 0 aliphatic rings. The third kappa shape index (κ3) is 4.14. The van der Waals surface area contributed by atoms with Gasteiger partial charge in [0.1, 0.15) is 5.82 Å². The molecule has 0 aliphatic heterocycles. The highest BCUT2D eigenvalue weighted by atomic mass is 79.9. The Bertz CT molecular complexity index is 593. The van der Waals surface area contributed by atoms with Crippen LogP contribution in [-0.4, -0.2) is 7.05 Å². The van der Waals surface area contributed by atoms with E-state index in [1.54, 1.807) is 12.1 Å². The van der Waals surface area contributed by atoms with Gasteiger partial charge in [-0.2, -0.15) is 0 Å². The van der Waals surface area contributed by atoms with E-state index in [1.165, 1.54) is 11.6 Å². The number of rotatable bonds is 5. The lowest BCUT2D eigenvalue weighted by molar-refractivity contribution is 0.615. The average molecular weight is 350 g/mol. The molecule has 1 nitrogen and oxygen atoms in total. The van der Waals surface area contributed by atoms with E-state index in [0.717, 1.165) is 22.0 Å². The zero-order chi connectivity index (χ0) is 15.4. The van der Waals surface area contributed by atoms with Crippen LogP contribution in [0.2, 0.25) is 0 Å². The van der Waals surface area contributed by atoms with E-state index in [0.29, 0.717) is 5.92 Å². The fraction of sp³-hybridized carbons (Fsp3) is 0.333. The summed E-state index contributed by atoms with van der Waals surface area (Å²) in [5, 5.41) is 3.27. The summed E-state index contributed by atoms with van der Waals surface area (Å²) in [7, 11) is 1.89. The van der Waals surface area contributed by atoms with Crippen LogP contribution in [0.4, 0.5) is 4.39 Å². The molecule has 3 heteroatoms. The summed E-state index contributed by atoms with van der Waals surface area (Å²) in [5.41, 5.74) is 3.38. The van der Waals surface area contributed by atoms with Gasteiger partial charge in [0.05, 0.1) is 6.04 Å². The number of hydrogen-bond donors (Lipinski definition) is 1. The monoisotopic (exact) mass is 349 g/mol. The Balaban J connectivity index is 2.31. The molecular formula is C18H21BrFN. The van der Waals surface area contributed by atoms with Crippen LogP contribution >= 0.6 is 15.9 Å². The maximum absolute atomic E-state index is 13.5. The fourth-order valence-corrected chi connectivity index (χ4v) is 3.03. The zero-order valence-electron chi connectivity index (χ0n) is 12.7. The summed E-state index contributed by atoms with van der Waals surface area (Å²) in [5.74, 6) is 0.429. The van der Waals surface area contributed by atoms with Crippen molar-refractivity contribution in [3.05, 3.63) is 69.4 Å². The molecule has 1 atom stereocenters. The predicted octanol–water partition coefficient (Wildman–Crippen LogP) is 5.10. The lowest BCUT2D eigenvalue weighted by Gasteiger charge is -2.19. The molecule has 0 aliphatic carbocycles. The number of halogens is 2. The molecule has 112 valence electrons. The normalized spacial score (nSPS) is 12.7. The maximum atomic E-state index is 13.5. The highest BCUT2D eigenvalue weighted by Crippen LogP contribution is 2.29. The highest BCUT2D eigenvalue weighted by Gasteiger charge is 2.15. The number of hydrogen-bond acceptors (Lipinski definition) is 1. The van der Waals surface area contributed by atoms with Gasteiger partial charge in [-0.3, -0.25) is 0 Å². The third-order valence-electron chi connectivity index (χ3n) is 3.51. The SMILES string of the molecule is CNC(c1ccc(CC(C)C)cc1)c1cc(F)ccc1Br. The lowest BCUT2D eigenvalue weighted by Crippen LogP contribution is -2.18. The van der Waals surface area contributed by atoms with E-state index in [4.69, 9.17) is 0 Å². The van der Waals surface area contributed by atoms with Gasteiger partial charge >= 0.3 is 0 Å². The van der Waals surface area contributed by atoms with Crippen LogP contribution in [0.5, 0.6) is 0 Å². The van der Waals surface area contributed by atoms with Crippen molar-refractivity contribution in [2.75, 3.05) is 7.05 Å². The van der Waals surface area contributed by atoms with E-state index in [9.17, 15) is 4.39 Å². The summed E-state index contributed by atoms with van der Waals surface area (Å²) in [6.45, 7) is 4.43. The van der Waals surface area contributed by atoms with Crippen LogP contribution in [-0.2, 0) is 6.42 Å². The molecule has 0 bridgehead atoms. The second-order valence-electron chi connectivity index (χ2n) is 5.73. The van der Waals surface area contributed by atoms with E-state index in [1.807, 2.05) is 7.05 Å². The van der Waals surface area contributed by atoms with Crippen LogP contribution < -0.4 is 5.32 Å². The van der Waals surface area contributed by atoms with Gasteiger partial charge in [-0.05, 0) is 54.3 Å². The smallest absolute Gasteiger partial charge is 0.123 e. The molecule has 0 fully saturated rings. The minimum Gasteiger partial charge on any atom is -0.309 e. The summed E-state index contributed by atoms with van der Waals surface area (Å²) < 4.78 is 14.4. The van der Waals surface area contributed by atoms with Crippen LogP contribution in [0.15, 0.2) is 46.9 Å². The van der Waals surface area contributed by atoms with Crippen LogP contribution in [0.3, 0.4) is 0 Å². The molecule has 1 N–H and O–H groups in total. The first-order valence-electron chi connectivity index (χ1n) is 7.22. The second-order valence-corrected chi connectivity index (χ2v) is 6.58. The topological polar surface area (TPSA) is 12.0 Å². The molecule has 0 saturated carbocycles. The van der Waals surface area contributed by atoms with Crippen molar-refractivity contribution in [2.45, 2.75) is 26.3 Å². The van der Waals surface area contributed by atoms with Crippen molar-refractivity contribution < 1.29 is 4.39 Å². The van der Waals surface area contributed by atoms with E-state index >= 15 is 0 Å². The van der Waals surface area contributed by atoms with Gasteiger partial charge in [0.15, 0.2) is 0 Å². The minimum absolute atomic E-state index is 0.0248. The number of benzene rings is 2. The summed E-state index contributed by atoms with van der Waals surface area (Å²) in [4.78, 5) is 0. The van der Waals surface area contributed by atoms with Crippen LogP contribution in [0.25, 0.3) is 0 Å².